The van der Waals surface area contributed by atoms with Crippen molar-refractivity contribution in [2.45, 2.75) is 13.8 Å². The summed E-state index contributed by atoms with van der Waals surface area (Å²) in [6.07, 6.45) is 4.68. The molecule has 1 amide bonds. The Morgan fingerprint density at radius 3 is 2.70 bits per heavy atom. The molecule has 184 valence electrons. The third kappa shape index (κ3) is 4.12. The summed E-state index contributed by atoms with van der Waals surface area (Å²) in [5.41, 5.74) is 4.12. The zero-order valence-electron chi connectivity index (χ0n) is 19.6. The van der Waals surface area contributed by atoms with Crippen molar-refractivity contribution in [3.63, 3.8) is 0 Å². The van der Waals surface area contributed by atoms with Crippen molar-refractivity contribution in [2.75, 3.05) is 5.32 Å². The van der Waals surface area contributed by atoms with E-state index in [1.807, 2.05) is 0 Å². The number of nitrogens with one attached hydrogen (secondary N) is 3. The van der Waals surface area contributed by atoms with Gasteiger partial charge in [0.15, 0.2) is 11.0 Å². The number of aromatic nitrogens is 6. The molecule has 0 aliphatic rings. The van der Waals surface area contributed by atoms with Gasteiger partial charge < -0.3 is 10.3 Å². The Balaban J connectivity index is 1.44. The summed E-state index contributed by atoms with van der Waals surface area (Å²) < 4.78 is 28.8. The Bertz CT molecular complexity index is 1800. The van der Waals surface area contributed by atoms with Crippen LogP contribution < -0.4 is 5.32 Å². The second-order valence-corrected chi connectivity index (χ2v) is 9.83. The Labute approximate surface area is 212 Å². The van der Waals surface area contributed by atoms with Crippen molar-refractivity contribution in [3.8, 4) is 33.2 Å². The van der Waals surface area contributed by atoms with E-state index >= 15 is 4.39 Å². The molecule has 0 radical (unpaired) electrons. The average Bonchev–Trinajstić information content (AvgIpc) is 3.60. The van der Waals surface area contributed by atoms with Gasteiger partial charge in [0.1, 0.15) is 22.7 Å². The fraction of sp³-hybridized carbons (Fsp3) is 0.115. The first-order chi connectivity index (χ1) is 17.9. The number of hydrogen-bond donors (Lipinski definition) is 3. The van der Waals surface area contributed by atoms with Crippen molar-refractivity contribution >= 4 is 44.9 Å². The number of aromatic amines is 2. The first kappa shape index (κ1) is 22.9. The number of imidazole rings is 1. The Hall–Kier alpha value is -4.51. The van der Waals surface area contributed by atoms with Crippen LogP contribution in [-0.4, -0.2) is 36.0 Å². The first-order valence-electron chi connectivity index (χ1n) is 11.4. The monoisotopic (exact) mass is 515 g/mol. The van der Waals surface area contributed by atoms with Gasteiger partial charge in [0.05, 0.1) is 27.8 Å². The molecule has 3 N–H and O–H groups in total. The van der Waals surface area contributed by atoms with Crippen LogP contribution in [0.5, 0.6) is 0 Å². The second kappa shape index (κ2) is 8.86. The summed E-state index contributed by atoms with van der Waals surface area (Å²) in [6, 6.07) is 9.56. The number of pyridine rings is 2. The molecule has 0 spiro atoms. The van der Waals surface area contributed by atoms with Gasteiger partial charge in [-0.25, -0.2) is 9.37 Å². The van der Waals surface area contributed by atoms with E-state index in [0.29, 0.717) is 60.8 Å². The molecular weight excluding hydrogens is 496 g/mol. The topological polar surface area (TPSA) is 112 Å². The number of fused-ring (bicyclic) bond motifs is 2. The van der Waals surface area contributed by atoms with E-state index < -0.39 is 5.82 Å². The van der Waals surface area contributed by atoms with Crippen molar-refractivity contribution in [2.24, 2.45) is 5.92 Å². The van der Waals surface area contributed by atoms with Gasteiger partial charge in [0.25, 0.3) is 0 Å². The maximum absolute atomic E-state index is 15.1. The van der Waals surface area contributed by atoms with Crippen LogP contribution in [0.4, 0.5) is 14.5 Å². The Kier molecular flexibility index (Phi) is 5.49. The van der Waals surface area contributed by atoms with Crippen LogP contribution >= 0.6 is 11.3 Å². The van der Waals surface area contributed by atoms with Crippen molar-refractivity contribution < 1.29 is 13.6 Å². The van der Waals surface area contributed by atoms with E-state index in [-0.39, 0.29) is 17.0 Å². The highest BCUT2D eigenvalue weighted by atomic mass is 32.1. The average molecular weight is 516 g/mol. The number of rotatable bonds is 5. The highest BCUT2D eigenvalue weighted by Gasteiger charge is 2.19. The van der Waals surface area contributed by atoms with Gasteiger partial charge in [-0.15, -0.1) is 11.3 Å². The molecule has 5 heterocycles. The second-order valence-electron chi connectivity index (χ2n) is 8.80. The maximum atomic E-state index is 15.1. The van der Waals surface area contributed by atoms with E-state index in [1.165, 1.54) is 24.5 Å². The summed E-state index contributed by atoms with van der Waals surface area (Å²) in [6.45, 7) is 3.58. The van der Waals surface area contributed by atoms with Gasteiger partial charge in [-0.2, -0.15) is 9.49 Å². The van der Waals surface area contributed by atoms with Gasteiger partial charge >= 0.3 is 0 Å². The summed E-state index contributed by atoms with van der Waals surface area (Å²) in [4.78, 5) is 29.3. The summed E-state index contributed by atoms with van der Waals surface area (Å²) >= 11 is 0.994. The summed E-state index contributed by atoms with van der Waals surface area (Å²) in [5, 5.41) is 10.4. The summed E-state index contributed by atoms with van der Waals surface area (Å²) in [7, 11) is 0. The number of H-pyrrole nitrogens is 2. The van der Waals surface area contributed by atoms with Crippen LogP contribution in [0.15, 0.2) is 55.0 Å². The third-order valence-corrected chi connectivity index (χ3v) is 6.80. The molecule has 37 heavy (non-hydrogen) atoms. The molecule has 0 aliphatic heterocycles. The molecule has 6 aromatic rings. The van der Waals surface area contributed by atoms with Crippen molar-refractivity contribution in [1.29, 1.82) is 0 Å². The van der Waals surface area contributed by atoms with Crippen molar-refractivity contribution in [1.82, 2.24) is 30.1 Å². The molecule has 0 saturated carbocycles. The molecule has 0 aliphatic carbocycles. The van der Waals surface area contributed by atoms with Gasteiger partial charge in [-0.3, -0.25) is 19.9 Å². The number of nitrogens with zero attached hydrogens (tertiary/aromatic N) is 4. The van der Waals surface area contributed by atoms with Crippen LogP contribution in [0.1, 0.15) is 13.8 Å². The maximum Gasteiger partial charge on any atom is 0.226 e. The highest BCUT2D eigenvalue weighted by Crippen LogP contribution is 2.35. The zero-order chi connectivity index (χ0) is 25.7. The van der Waals surface area contributed by atoms with Crippen molar-refractivity contribution in [3.05, 3.63) is 65.9 Å². The third-order valence-electron chi connectivity index (χ3n) is 5.92. The number of thiophene rings is 1. The smallest absolute Gasteiger partial charge is 0.226 e. The lowest BCUT2D eigenvalue weighted by atomic mass is 10.0. The van der Waals surface area contributed by atoms with Crippen LogP contribution in [0.3, 0.4) is 0 Å². The quantitative estimate of drug-likeness (QED) is 0.254. The van der Waals surface area contributed by atoms with Crippen LogP contribution in [0.2, 0.25) is 0 Å². The molecule has 0 unspecified atom stereocenters. The Morgan fingerprint density at radius 1 is 1.05 bits per heavy atom. The number of carbonyl (C=O) groups is 1. The standard InChI is InChI=1S/C26H19F2N7OS/c1-12(2)26(36)31-14-7-13(10-29-11-14)15-8-16-19(9-17(15)27)34-35-22(16)25-32-18-5-6-30-24(23(18)33-25)20-3-4-21(28)37-20/h3-12H,1-2H3,(H,31,36)(H,32,33)(H,34,35). The van der Waals surface area contributed by atoms with Gasteiger partial charge in [-0.1, -0.05) is 13.8 Å². The highest BCUT2D eigenvalue weighted by molar-refractivity contribution is 7.13. The SMILES string of the molecule is CC(C)C(=O)Nc1cncc(-c2cc3c(-c4nc5c(-c6ccc(F)s6)nccc5[nH]4)n[nH]c3cc2F)c1. The molecular formula is C26H19F2N7OS. The fourth-order valence-corrected chi connectivity index (χ4v) is 4.78. The first-order valence-corrected chi connectivity index (χ1v) is 12.2. The molecule has 6 rings (SSSR count). The molecule has 8 nitrogen and oxygen atoms in total. The van der Waals surface area contributed by atoms with E-state index in [9.17, 15) is 9.18 Å². The number of hydrogen-bond acceptors (Lipinski definition) is 6. The number of anilines is 1. The lowest BCUT2D eigenvalue weighted by molar-refractivity contribution is -0.118. The number of carbonyl (C=O) groups excluding carboxylic acids is 1. The molecule has 0 saturated heterocycles. The van der Waals surface area contributed by atoms with Crippen LogP contribution in [-0.2, 0) is 4.79 Å². The number of amides is 1. The molecule has 11 heteroatoms. The lowest BCUT2D eigenvalue weighted by Gasteiger charge is -2.09. The fourth-order valence-electron chi connectivity index (χ4n) is 4.05. The van der Waals surface area contributed by atoms with Gasteiger partial charge in [0, 0.05) is 40.9 Å². The van der Waals surface area contributed by atoms with Gasteiger partial charge in [-0.05, 0) is 30.3 Å². The molecule has 5 aromatic heterocycles. The lowest BCUT2D eigenvalue weighted by Crippen LogP contribution is -2.17. The molecule has 1 aromatic carbocycles. The largest absolute Gasteiger partial charge is 0.336 e. The van der Waals surface area contributed by atoms with Gasteiger partial charge in [0.2, 0.25) is 5.91 Å². The number of halogens is 2. The van der Waals surface area contributed by atoms with E-state index in [2.05, 4.69) is 30.5 Å². The minimum atomic E-state index is -0.465. The predicted octanol–water partition coefficient (Wildman–Crippen LogP) is 6.16. The van der Waals surface area contributed by atoms with E-state index in [1.54, 1.807) is 44.3 Å². The minimum absolute atomic E-state index is 0.156. The molecule has 0 fully saturated rings. The predicted molar refractivity (Wildman–Crippen MR) is 139 cm³/mol. The number of benzene rings is 1. The Morgan fingerprint density at radius 2 is 1.92 bits per heavy atom. The van der Waals surface area contributed by atoms with E-state index in [4.69, 9.17) is 4.98 Å². The zero-order valence-corrected chi connectivity index (χ0v) is 20.5. The summed E-state index contributed by atoms with van der Waals surface area (Å²) in [5.74, 6) is -0.367. The molecule has 0 bridgehead atoms. The normalized spacial score (nSPS) is 11.6. The van der Waals surface area contributed by atoms with Crippen LogP contribution in [0, 0.1) is 16.9 Å². The minimum Gasteiger partial charge on any atom is -0.336 e. The van der Waals surface area contributed by atoms with Crippen LogP contribution in [0.25, 0.3) is 55.2 Å². The van der Waals surface area contributed by atoms with E-state index in [0.717, 1.165) is 11.3 Å². The molecule has 0 atom stereocenters.